The maximum absolute atomic E-state index is 12.0. The van der Waals surface area contributed by atoms with Crippen molar-refractivity contribution in [2.45, 2.75) is 59.0 Å². The van der Waals surface area contributed by atoms with Crippen LogP contribution in [0.3, 0.4) is 0 Å². The summed E-state index contributed by atoms with van der Waals surface area (Å²) >= 11 is 0. The molecule has 5 nitrogen and oxygen atoms in total. The fraction of sp³-hybridized carbons (Fsp3) is 0.385. The van der Waals surface area contributed by atoms with Gasteiger partial charge < -0.3 is 14.6 Å². The third-order valence-corrected chi connectivity index (χ3v) is 5.02. The second kappa shape index (κ2) is 11.9. The standard InChI is InChI=1S/C26H32O5/c1-5-6-23(27)17-22-15-18(2)7-11-25(22)31-20(4)13-14-30-24-10-8-21(19(3)16-24)9-12-26(28)29/h5,7-8,10-11,15-16,20H,1,6,9,12-14,17H2,2-4H3,(H,28,29). The summed E-state index contributed by atoms with van der Waals surface area (Å²) in [4.78, 5) is 22.8. The normalized spacial score (nSPS) is 11.6. The smallest absolute Gasteiger partial charge is 0.303 e. The van der Waals surface area contributed by atoms with Crippen molar-refractivity contribution in [3.8, 4) is 11.5 Å². The molecule has 0 bridgehead atoms. The van der Waals surface area contributed by atoms with Crippen molar-refractivity contribution in [2.75, 3.05) is 6.61 Å². The van der Waals surface area contributed by atoms with Gasteiger partial charge in [-0.05, 0) is 56.5 Å². The van der Waals surface area contributed by atoms with E-state index in [4.69, 9.17) is 14.6 Å². The van der Waals surface area contributed by atoms with E-state index < -0.39 is 5.97 Å². The van der Waals surface area contributed by atoms with Crippen molar-refractivity contribution in [1.82, 2.24) is 0 Å². The minimum Gasteiger partial charge on any atom is -0.493 e. The lowest BCUT2D eigenvalue weighted by Crippen LogP contribution is -2.17. The molecule has 0 saturated carbocycles. The van der Waals surface area contributed by atoms with Crippen molar-refractivity contribution in [1.29, 1.82) is 0 Å². The van der Waals surface area contributed by atoms with Crippen LogP contribution in [0, 0.1) is 13.8 Å². The number of allylic oxidation sites excluding steroid dienone is 1. The Kier molecular flexibility index (Phi) is 9.32. The molecule has 0 fully saturated rings. The Morgan fingerprint density at radius 1 is 1.13 bits per heavy atom. The Morgan fingerprint density at radius 2 is 1.90 bits per heavy atom. The Bertz CT molecular complexity index is 916. The molecular weight excluding hydrogens is 392 g/mol. The van der Waals surface area contributed by atoms with Crippen LogP contribution >= 0.6 is 0 Å². The molecule has 5 heteroatoms. The zero-order valence-corrected chi connectivity index (χ0v) is 18.6. The van der Waals surface area contributed by atoms with Crippen molar-refractivity contribution < 1.29 is 24.2 Å². The first-order valence-electron chi connectivity index (χ1n) is 10.6. The monoisotopic (exact) mass is 424 g/mol. The number of aliphatic carboxylic acids is 1. The Morgan fingerprint density at radius 3 is 2.58 bits per heavy atom. The van der Waals surface area contributed by atoms with Gasteiger partial charge in [-0.15, -0.1) is 6.58 Å². The van der Waals surface area contributed by atoms with E-state index in [0.29, 0.717) is 32.3 Å². The molecule has 0 spiro atoms. The highest BCUT2D eigenvalue weighted by atomic mass is 16.5. The van der Waals surface area contributed by atoms with E-state index in [1.54, 1.807) is 6.08 Å². The highest BCUT2D eigenvalue weighted by Crippen LogP contribution is 2.24. The number of ether oxygens (including phenoxy) is 2. The number of carboxylic acids is 1. The molecule has 0 amide bonds. The molecule has 2 rings (SSSR count). The largest absolute Gasteiger partial charge is 0.493 e. The number of carbonyl (C=O) groups excluding carboxylic acids is 1. The van der Waals surface area contributed by atoms with Crippen LogP contribution in [-0.4, -0.2) is 29.6 Å². The number of carbonyl (C=O) groups is 2. The molecule has 166 valence electrons. The van der Waals surface area contributed by atoms with Crippen LogP contribution < -0.4 is 9.47 Å². The minimum atomic E-state index is -0.796. The van der Waals surface area contributed by atoms with Gasteiger partial charge in [0.05, 0.1) is 12.7 Å². The molecule has 0 aliphatic heterocycles. The molecule has 31 heavy (non-hydrogen) atoms. The summed E-state index contributed by atoms with van der Waals surface area (Å²) in [5, 5.41) is 8.83. The number of hydrogen-bond donors (Lipinski definition) is 1. The van der Waals surface area contributed by atoms with Crippen LogP contribution in [0.1, 0.15) is 48.4 Å². The number of ketones is 1. The van der Waals surface area contributed by atoms with Crippen molar-refractivity contribution in [3.63, 3.8) is 0 Å². The van der Waals surface area contributed by atoms with E-state index in [0.717, 1.165) is 33.8 Å². The molecule has 2 aromatic carbocycles. The zero-order valence-electron chi connectivity index (χ0n) is 18.6. The zero-order chi connectivity index (χ0) is 22.8. The van der Waals surface area contributed by atoms with Gasteiger partial charge in [0.2, 0.25) is 0 Å². The molecule has 0 aliphatic carbocycles. The minimum absolute atomic E-state index is 0.0769. The summed E-state index contributed by atoms with van der Waals surface area (Å²) in [5.74, 6) is 0.808. The molecule has 1 N–H and O–H groups in total. The number of Topliss-reactive ketones (excluding diaryl/α,β-unsaturated/α-hetero) is 1. The molecule has 0 heterocycles. The highest BCUT2D eigenvalue weighted by molar-refractivity contribution is 5.82. The quantitative estimate of drug-likeness (QED) is 0.445. The first-order chi connectivity index (χ1) is 14.8. The maximum atomic E-state index is 12.0. The molecule has 0 aliphatic rings. The Hall–Kier alpha value is -3.08. The number of carboxylic acid groups (broad SMARTS) is 1. The SMILES string of the molecule is C=CCC(=O)Cc1cc(C)ccc1OC(C)CCOc1ccc(CCC(=O)O)c(C)c1. The fourth-order valence-corrected chi connectivity index (χ4v) is 3.31. The number of aryl methyl sites for hydroxylation is 3. The first kappa shape index (κ1) is 24.2. The van der Waals surface area contributed by atoms with Gasteiger partial charge in [0.25, 0.3) is 0 Å². The third-order valence-electron chi connectivity index (χ3n) is 5.02. The third kappa shape index (κ3) is 8.28. The lowest BCUT2D eigenvalue weighted by Gasteiger charge is -2.18. The number of hydrogen-bond acceptors (Lipinski definition) is 4. The molecule has 1 atom stereocenters. The van der Waals surface area contributed by atoms with Crippen LogP contribution in [0.25, 0.3) is 0 Å². The van der Waals surface area contributed by atoms with E-state index in [1.165, 1.54) is 0 Å². The predicted octanol–water partition coefficient (Wildman–Crippen LogP) is 5.24. The second-order valence-corrected chi connectivity index (χ2v) is 7.87. The van der Waals surface area contributed by atoms with E-state index in [-0.39, 0.29) is 18.3 Å². The molecule has 0 radical (unpaired) electrons. The fourth-order valence-electron chi connectivity index (χ4n) is 3.31. The van der Waals surface area contributed by atoms with Gasteiger partial charge in [-0.25, -0.2) is 0 Å². The number of benzene rings is 2. The molecule has 2 aromatic rings. The summed E-state index contributed by atoms with van der Waals surface area (Å²) in [7, 11) is 0. The molecule has 1 unspecified atom stereocenters. The topological polar surface area (TPSA) is 72.8 Å². The second-order valence-electron chi connectivity index (χ2n) is 7.87. The van der Waals surface area contributed by atoms with Gasteiger partial charge >= 0.3 is 5.97 Å². The molecular formula is C26H32O5. The van der Waals surface area contributed by atoms with Crippen LogP contribution in [-0.2, 0) is 22.4 Å². The summed E-state index contributed by atoms with van der Waals surface area (Å²) < 4.78 is 12.0. The van der Waals surface area contributed by atoms with Crippen LogP contribution in [0.4, 0.5) is 0 Å². The predicted molar refractivity (Wildman–Crippen MR) is 122 cm³/mol. The van der Waals surface area contributed by atoms with Crippen molar-refractivity contribution in [3.05, 3.63) is 71.3 Å². The number of rotatable bonds is 13. The molecule has 0 aromatic heterocycles. The Balaban J connectivity index is 1.89. The van der Waals surface area contributed by atoms with Crippen LogP contribution in [0.2, 0.25) is 0 Å². The lowest BCUT2D eigenvalue weighted by atomic mass is 10.0. The van der Waals surface area contributed by atoms with Crippen molar-refractivity contribution in [2.24, 2.45) is 0 Å². The summed E-state index contributed by atoms with van der Waals surface area (Å²) in [6.07, 6.45) is 3.56. The van der Waals surface area contributed by atoms with E-state index in [1.807, 2.05) is 57.2 Å². The maximum Gasteiger partial charge on any atom is 0.303 e. The van der Waals surface area contributed by atoms with Gasteiger partial charge in [0.1, 0.15) is 17.3 Å². The summed E-state index contributed by atoms with van der Waals surface area (Å²) in [6, 6.07) is 11.6. The molecule has 0 saturated heterocycles. The van der Waals surface area contributed by atoms with Gasteiger partial charge in [0, 0.05) is 31.2 Å². The van der Waals surface area contributed by atoms with Crippen LogP contribution in [0.15, 0.2) is 49.1 Å². The Labute approximate surface area is 184 Å². The van der Waals surface area contributed by atoms with E-state index in [9.17, 15) is 9.59 Å². The summed E-state index contributed by atoms with van der Waals surface area (Å²) in [6.45, 7) is 10.1. The average Bonchev–Trinajstić information content (AvgIpc) is 2.69. The summed E-state index contributed by atoms with van der Waals surface area (Å²) in [5.41, 5.74) is 4.03. The highest BCUT2D eigenvalue weighted by Gasteiger charge is 2.12. The van der Waals surface area contributed by atoms with Gasteiger partial charge in [-0.3, -0.25) is 9.59 Å². The van der Waals surface area contributed by atoms with E-state index >= 15 is 0 Å². The van der Waals surface area contributed by atoms with Gasteiger partial charge in [0.15, 0.2) is 0 Å². The van der Waals surface area contributed by atoms with Gasteiger partial charge in [-0.2, -0.15) is 0 Å². The first-order valence-corrected chi connectivity index (χ1v) is 10.6. The van der Waals surface area contributed by atoms with Gasteiger partial charge in [-0.1, -0.05) is 29.8 Å². The van der Waals surface area contributed by atoms with Crippen LogP contribution in [0.5, 0.6) is 11.5 Å². The van der Waals surface area contributed by atoms with E-state index in [2.05, 4.69) is 6.58 Å². The lowest BCUT2D eigenvalue weighted by molar-refractivity contribution is -0.137. The van der Waals surface area contributed by atoms with Crippen molar-refractivity contribution >= 4 is 11.8 Å². The average molecular weight is 425 g/mol.